The van der Waals surface area contributed by atoms with Crippen molar-refractivity contribution < 1.29 is 44.8 Å². The Bertz CT molecular complexity index is 1160. The van der Waals surface area contributed by atoms with Crippen LogP contribution in [0.25, 0.3) is 0 Å². The van der Waals surface area contributed by atoms with E-state index in [9.17, 15) is 30.6 Å². The SMILES string of the molecule is CC(C)(O)C1CC[C@](C)([C@H]2[C@@H](O)C[C@@]3(C)[C@@H]4C[C@H](O)[C@H]5C(C)(C)C(O[C@@H]6OC[C@@H](O)C(O)[C@H]6O)CC[C@@]56CC46CC[C@]23C)O1. The molecule has 5 saturated carbocycles. The van der Waals surface area contributed by atoms with Crippen molar-refractivity contribution >= 4 is 0 Å². The molecule has 44 heavy (non-hydrogen) atoms. The van der Waals surface area contributed by atoms with Gasteiger partial charge in [0, 0.05) is 5.92 Å². The number of ether oxygens (including phenoxy) is 3. The Hall–Kier alpha value is -0.360. The monoisotopic (exact) mass is 622 g/mol. The third-order valence-electron chi connectivity index (χ3n) is 15.5. The first-order valence-electron chi connectivity index (χ1n) is 17.4. The minimum absolute atomic E-state index is 0.00753. The van der Waals surface area contributed by atoms with Gasteiger partial charge in [-0.25, -0.2) is 0 Å². The molecule has 0 radical (unpaired) electrons. The van der Waals surface area contributed by atoms with Gasteiger partial charge in [0.05, 0.1) is 42.2 Å². The molecule has 0 aromatic carbocycles. The Morgan fingerprint density at radius 3 is 2.11 bits per heavy atom. The number of hydrogen-bond donors (Lipinski definition) is 6. The van der Waals surface area contributed by atoms with Crippen LogP contribution in [0, 0.1) is 44.8 Å². The highest BCUT2D eigenvalue weighted by molar-refractivity contribution is 5.33. The van der Waals surface area contributed by atoms with Crippen molar-refractivity contribution in [1.82, 2.24) is 0 Å². The van der Waals surface area contributed by atoms with Gasteiger partial charge in [0.15, 0.2) is 6.29 Å². The number of rotatable bonds is 4. The first kappa shape index (κ1) is 32.2. The van der Waals surface area contributed by atoms with E-state index in [0.717, 1.165) is 44.9 Å². The zero-order valence-electron chi connectivity index (χ0n) is 27.8. The lowest BCUT2D eigenvalue weighted by molar-refractivity contribution is -0.306. The van der Waals surface area contributed by atoms with Crippen LogP contribution in [0.5, 0.6) is 0 Å². The minimum Gasteiger partial charge on any atom is -0.393 e. The van der Waals surface area contributed by atoms with Crippen molar-refractivity contribution in [3.63, 3.8) is 0 Å². The van der Waals surface area contributed by atoms with Gasteiger partial charge in [-0.1, -0.05) is 27.7 Å². The zero-order valence-corrected chi connectivity index (χ0v) is 27.8. The summed E-state index contributed by atoms with van der Waals surface area (Å²) in [5.74, 6) is 0.285. The van der Waals surface area contributed by atoms with Gasteiger partial charge in [-0.2, -0.15) is 0 Å². The molecule has 252 valence electrons. The largest absolute Gasteiger partial charge is 0.393 e. The highest BCUT2D eigenvalue weighted by Gasteiger charge is 2.85. The van der Waals surface area contributed by atoms with E-state index < -0.39 is 53.4 Å². The molecule has 4 unspecified atom stereocenters. The summed E-state index contributed by atoms with van der Waals surface area (Å²) in [6.45, 7) is 14.8. The molecule has 0 amide bonds. The Kier molecular flexibility index (Phi) is 7.04. The molecule has 5 aliphatic carbocycles. The quantitative estimate of drug-likeness (QED) is 0.260. The Morgan fingerprint density at radius 2 is 1.45 bits per heavy atom. The molecule has 2 saturated heterocycles. The van der Waals surface area contributed by atoms with E-state index in [0.29, 0.717) is 18.8 Å². The van der Waals surface area contributed by atoms with E-state index in [4.69, 9.17) is 14.2 Å². The zero-order chi connectivity index (χ0) is 32.0. The van der Waals surface area contributed by atoms with Gasteiger partial charge in [-0.15, -0.1) is 0 Å². The fourth-order valence-corrected chi connectivity index (χ4v) is 13.4. The highest BCUT2D eigenvalue weighted by Crippen LogP contribution is 2.89. The maximum absolute atomic E-state index is 12.1. The Morgan fingerprint density at radius 1 is 0.750 bits per heavy atom. The highest BCUT2D eigenvalue weighted by atomic mass is 16.7. The lowest BCUT2D eigenvalue weighted by atomic mass is 9.41. The predicted octanol–water partition coefficient (Wildman–Crippen LogP) is 2.90. The van der Waals surface area contributed by atoms with Crippen LogP contribution in [0.15, 0.2) is 0 Å². The van der Waals surface area contributed by atoms with Gasteiger partial charge in [-0.3, -0.25) is 0 Å². The lowest BCUT2D eigenvalue weighted by Crippen LogP contribution is -2.63. The number of fused-ring (bicyclic) bond motifs is 2. The van der Waals surface area contributed by atoms with Crippen LogP contribution in [0.2, 0.25) is 0 Å². The van der Waals surface area contributed by atoms with Crippen molar-refractivity contribution in [3.8, 4) is 0 Å². The summed E-state index contributed by atoms with van der Waals surface area (Å²) in [5, 5.41) is 65.5. The molecule has 0 aromatic heterocycles. The van der Waals surface area contributed by atoms with Gasteiger partial charge in [-0.05, 0) is 117 Å². The van der Waals surface area contributed by atoms with Gasteiger partial charge in [0.25, 0.3) is 0 Å². The van der Waals surface area contributed by atoms with E-state index >= 15 is 0 Å². The molecule has 2 heterocycles. The predicted molar refractivity (Wildman–Crippen MR) is 161 cm³/mol. The standard InChI is InChI=1S/C35H58O9/c1-29(2)22(43-28-25(40)24(39)20(38)16-42-28)9-11-35-17-34(35)13-12-31(5)27(33(7)10-8-23(44-33)30(3,4)41)19(37)15-32(31,6)21(34)14-18(36)26(29)35/h18-28,36-41H,8-17H2,1-7H3/t18-,19-,20+,21-,22?,23?,24?,25+,26-,27-,28-,31+,32-,33+,34?,35+/m0/s1. The van der Waals surface area contributed by atoms with Crippen LogP contribution in [0.3, 0.4) is 0 Å². The summed E-state index contributed by atoms with van der Waals surface area (Å²) in [6, 6.07) is 0. The smallest absolute Gasteiger partial charge is 0.186 e. The molecular weight excluding hydrogens is 564 g/mol. The van der Waals surface area contributed by atoms with E-state index in [1.807, 2.05) is 13.8 Å². The van der Waals surface area contributed by atoms with Gasteiger partial charge >= 0.3 is 0 Å². The molecule has 0 bridgehead atoms. The second kappa shape index (κ2) is 9.63. The molecule has 6 N–H and O–H groups in total. The van der Waals surface area contributed by atoms with E-state index in [1.54, 1.807) is 0 Å². The fraction of sp³-hybridized carbons (Fsp3) is 1.00. The molecule has 7 aliphatic rings. The van der Waals surface area contributed by atoms with Crippen molar-refractivity contribution in [2.24, 2.45) is 44.8 Å². The van der Waals surface area contributed by atoms with Crippen molar-refractivity contribution in [2.45, 2.75) is 166 Å². The van der Waals surface area contributed by atoms with Crippen molar-refractivity contribution in [2.75, 3.05) is 6.61 Å². The van der Waals surface area contributed by atoms with E-state index in [-0.39, 0.29) is 52.3 Å². The third-order valence-corrected chi connectivity index (χ3v) is 15.5. The van der Waals surface area contributed by atoms with Crippen LogP contribution in [0.1, 0.15) is 106 Å². The third kappa shape index (κ3) is 3.97. The van der Waals surface area contributed by atoms with Gasteiger partial charge in [0.1, 0.15) is 18.3 Å². The maximum atomic E-state index is 12.1. The molecule has 0 aromatic rings. The second-order valence-electron chi connectivity index (χ2n) is 18.3. The normalized spacial score (nSPS) is 59.8. The van der Waals surface area contributed by atoms with Gasteiger partial charge in [0.2, 0.25) is 0 Å². The first-order valence-corrected chi connectivity index (χ1v) is 17.4. The topological polar surface area (TPSA) is 149 Å². The van der Waals surface area contributed by atoms with Crippen molar-refractivity contribution in [1.29, 1.82) is 0 Å². The first-order chi connectivity index (χ1) is 20.3. The molecule has 16 atom stereocenters. The van der Waals surface area contributed by atoms with E-state index in [2.05, 4.69) is 34.6 Å². The average molecular weight is 623 g/mol. The number of hydrogen-bond acceptors (Lipinski definition) is 9. The summed E-state index contributed by atoms with van der Waals surface area (Å²) in [6.07, 6.45) is 1.57. The van der Waals surface area contributed by atoms with Crippen molar-refractivity contribution in [3.05, 3.63) is 0 Å². The molecule has 9 heteroatoms. The summed E-state index contributed by atoms with van der Waals surface area (Å²) in [4.78, 5) is 0. The molecule has 2 aliphatic heterocycles. The summed E-state index contributed by atoms with van der Waals surface area (Å²) in [7, 11) is 0. The lowest BCUT2D eigenvalue weighted by Gasteiger charge is -2.64. The maximum Gasteiger partial charge on any atom is 0.186 e. The average Bonchev–Trinajstić information content (AvgIpc) is 3.27. The molecule has 9 nitrogen and oxygen atoms in total. The van der Waals surface area contributed by atoms with Gasteiger partial charge < -0.3 is 44.8 Å². The van der Waals surface area contributed by atoms with E-state index in [1.165, 1.54) is 0 Å². The molecule has 2 spiro atoms. The summed E-state index contributed by atoms with van der Waals surface area (Å²) >= 11 is 0. The molecular formula is C35H58O9. The number of aliphatic hydroxyl groups is 6. The molecule has 7 rings (SSSR count). The molecule has 7 fully saturated rings. The number of aliphatic hydroxyl groups excluding tert-OH is 5. The second-order valence-corrected chi connectivity index (χ2v) is 18.3. The van der Waals surface area contributed by atoms with Crippen LogP contribution in [0.4, 0.5) is 0 Å². The van der Waals surface area contributed by atoms with Crippen LogP contribution < -0.4 is 0 Å². The van der Waals surface area contributed by atoms with Crippen LogP contribution >= 0.6 is 0 Å². The summed E-state index contributed by atoms with van der Waals surface area (Å²) in [5.41, 5.74) is -2.01. The fourth-order valence-electron chi connectivity index (χ4n) is 13.4. The Labute approximate surface area is 262 Å². The van der Waals surface area contributed by atoms with Crippen LogP contribution in [-0.4, -0.2) is 97.5 Å². The Balaban J connectivity index is 1.15. The summed E-state index contributed by atoms with van der Waals surface area (Å²) < 4.78 is 18.7. The minimum atomic E-state index is -1.33. The van der Waals surface area contributed by atoms with Crippen LogP contribution in [-0.2, 0) is 14.2 Å².